The first-order valence-corrected chi connectivity index (χ1v) is 9.63. The molecule has 0 saturated carbocycles. The summed E-state index contributed by atoms with van der Waals surface area (Å²) in [6.07, 6.45) is 1.16. The summed E-state index contributed by atoms with van der Waals surface area (Å²) in [5.41, 5.74) is 1.96. The van der Waals surface area contributed by atoms with E-state index in [4.69, 9.17) is 4.74 Å². The Kier molecular flexibility index (Phi) is 6.03. The molecule has 2 rings (SSSR count). The minimum Gasteiger partial charge on any atom is -0.497 e. The second-order valence-corrected chi connectivity index (χ2v) is 7.51. The van der Waals surface area contributed by atoms with Crippen LogP contribution in [0.3, 0.4) is 0 Å². The summed E-state index contributed by atoms with van der Waals surface area (Å²) in [6.45, 7) is 2.21. The standard InChI is InChI=1S/C18H22N2O4S/c1-14-6-4-5-7-17(14)20(25(3,22)23)13-12-19-18(21)15-8-10-16(24-2)11-9-15/h4-11H,12-13H2,1-3H3,(H,19,21). The molecule has 0 radical (unpaired) electrons. The second kappa shape index (κ2) is 8.02. The van der Waals surface area contributed by atoms with E-state index in [2.05, 4.69) is 5.32 Å². The number of nitrogens with one attached hydrogen (secondary N) is 1. The number of carbonyl (C=O) groups excluding carboxylic acids is 1. The van der Waals surface area contributed by atoms with Crippen LogP contribution in [0.25, 0.3) is 0 Å². The molecular weight excluding hydrogens is 340 g/mol. The summed E-state index contributed by atoms with van der Waals surface area (Å²) in [5.74, 6) is 0.403. The minimum absolute atomic E-state index is 0.158. The van der Waals surface area contributed by atoms with Crippen LogP contribution in [-0.2, 0) is 10.0 Å². The topological polar surface area (TPSA) is 75.7 Å². The molecule has 134 valence electrons. The van der Waals surface area contributed by atoms with Crippen molar-refractivity contribution < 1.29 is 17.9 Å². The van der Waals surface area contributed by atoms with Gasteiger partial charge in [0.1, 0.15) is 5.75 Å². The number of rotatable bonds is 7. The third-order valence-electron chi connectivity index (χ3n) is 3.74. The number of carbonyl (C=O) groups is 1. The molecule has 0 aliphatic rings. The maximum absolute atomic E-state index is 12.2. The van der Waals surface area contributed by atoms with Crippen molar-refractivity contribution in [3.05, 3.63) is 59.7 Å². The molecule has 1 N–H and O–H groups in total. The SMILES string of the molecule is COc1ccc(C(=O)NCCN(c2ccccc2C)S(C)(=O)=O)cc1. The highest BCUT2D eigenvalue weighted by atomic mass is 32.2. The fraction of sp³-hybridized carbons (Fsp3) is 0.278. The van der Waals surface area contributed by atoms with Crippen molar-refractivity contribution in [3.63, 3.8) is 0 Å². The molecule has 1 amide bonds. The average molecular weight is 362 g/mol. The van der Waals surface area contributed by atoms with Gasteiger partial charge in [-0.1, -0.05) is 18.2 Å². The smallest absolute Gasteiger partial charge is 0.251 e. The van der Waals surface area contributed by atoms with Crippen molar-refractivity contribution in [3.8, 4) is 5.75 Å². The van der Waals surface area contributed by atoms with E-state index in [1.165, 1.54) is 4.31 Å². The Hall–Kier alpha value is -2.54. The zero-order valence-electron chi connectivity index (χ0n) is 14.5. The summed E-state index contributed by atoms with van der Waals surface area (Å²) < 4.78 is 30.6. The number of sulfonamides is 1. The Morgan fingerprint density at radius 3 is 2.32 bits per heavy atom. The van der Waals surface area contributed by atoms with Crippen LogP contribution in [0.1, 0.15) is 15.9 Å². The lowest BCUT2D eigenvalue weighted by atomic mass is 10.2. The number of amides is 1. The van der Waals surface area contributed by atoms with Gasteiger partial charge in [0.25, 0.3) is 5.91 Å². The maximum atomic E-state index is 12.2. The van der Waals surface area contributed by atoms with E-state index in [0.29, 0.717) is 17.0 Å². The van der Waals surface area contributed by atoms with Crippen LogP contribution in [0, 0.1) is 6.92 Å². The summed E-state index contributed by atoms with van der Waals surface area (Å²) in [6, 6.07) is 14.0. The number of benzene rings is 2. The molecule has 7 heteroatoms. The fourth-order valence-electron chi connectivity index (χ4n) is 2.42. The Morgan fingerprint density at radius 2 is 1.76 bits per heavy atom. The normalized spacial score (nSPS) is 11.0. The van der Waals surface area contributed by atoms with E-state index in [1.807, 2.05) is 19.1 Å². The van der Waals surface area contributed by atoms with Crippen molar-refractivity contribution in [2.75, 3.05) is 30.8 Å². The molecule has 2 aromatic rings. The molecule has 0 saturated heterocycles. The van der Waals surface area contributed by atoms with Crippen molar-refractivity contribution in [1.82, 2.24) is 5.32 Å². The van der Waals surface area contributed by atoms with Gasteiger partial charge in [0.2, 0.25) is 10.0 Å². The molecule has 0 aliphatic carbocycles. The average Bonchev–Trinajstić information content (AvgIpc) is 2.58. The lowest BCUT2D eigenvalue weighted by molar-refractivity contribution is 0.0955. The fourth-order valence-corrected chi connectivity index (χ4v) is 3.41. The Labute approximate surface area is 148 Å². The van der Waals surface area contributed by atoms with Gasteiger partial charge in [-0.2, -0.15) is 0 Å². The zero-order chi connectivity index (χ0) is 18.4. The van der Waals surface area contributed by atoms with Crippen molar-refractivity contribution >= 4 is 21.6 Å². The van der Waals surface area contributed by atoms with Gasteiger partial charge in [-0.15, -0.1) is 0 Å². The highest BCUT2D eigenvalue weighted by Gasteiger charge is 2.19. The van der Waals surface area contributed by atoms with Gasteiger partial charge >= 0.3 is 0 Å². The molecule has 0 unspecified atom stereocenters. The number of para-hydroxylation sites is 1. The van der Waals surface area contributed by atoms with E-state index < -0.39 is 10.0 Å². The predicted octanol–water partition coefficient (Wildman–Crippen LogP) is 2.20. The summed E-state index contributed by atoms with van der Waals surface area (Å²) >= 11 is 0. The highest BCUT2D eigenvalue weighted by molar-refractivity contribution is 7.92. The largest absolute Gasteiger partial charge is 0.497 e. The van der Waals surface area contributed by atoms with Gasteiger partial charge in [-0.05, 0) is 42.8 Å². The molecule has 0 aromatic heterocycles. The second-order valence-electron chi connectivity index (χ2n) is 5.61. The zero-order valence-corrected chi connectivity index (χ0v) is 15.3. The third kappa shape index (κ3) is 4.96. The monoisotopic (exact) mass is 362 g/mol. The molecule has 0 heterocycles. The van der Waals surface area contributed by atoms with Gasteiger partial charge < -0.3 is 10.1 Å². The van der Waals surface area contributed by atoms with Crippen LogP contribution in [-0.4, -0.2) is 40.8 Å². The number of aryl methyl sites for hydroxylation is 1. The van der Waals surface area contributed by atoms with E-state index in [1.54, 1.807) is 43.5 Å². The number of hydrogen-bond donors (Lipinski definition) is 1. The van der Waals surface area contributed by atoms with Gasteiger partial charge in [0.15, 0.2) is 0 Å². The lowest BCUT2D eigenvalue weighted by Gasteiger charge is -2.24. The first-order chi connectivity index (χ1) is 11.8. The van der Waals surface area contributed by atoms with E-state index in [-0.39, 0.29) is 19.0 Å². The Morgan fingerprint density at radius 1 is 1.12 bits per heavy atom. The van der Waals surface area contributed by atoms with Gasteiger partial charge in [-0.25, -0.2) is 8.42 Å². The molecule has 0 atom stereocenters. The summed E-state index contributed by atoms with van der Waals surface area (Å²) in [5, 5.41) is 2.74. The molecule has 0 aliphatic heterocycles. The van der Waals surface area contributed by atoms with Crippen LogP contribution in [0.4, 0.5) is 5.69 Å². The minimum atomic E-state index is -3.45. The number of hydrogen-bond acceptors (Lipinski definition) is 4. The molecule has 0 spiro atoms. The van der Waals surface area contributed by atoms with E-state index in [0.717, 1.165) is 11.8 Å². The quantitative estimate of drug-likeness (QED) is 0.819. The highest BCUT2D eigenvalue weighted by Crippen LogP contribution is 2.21. The third-order valence-corrected chi connectivity index (χ3v) is 4.92. The lowest BCUT2D eigenvalue weighted by Crippen LogP contribution is -2.38. The predicted molar refractivity (Wildman–Crippen MR) is 98.7 cm³/mol. The number of nitrogens with zero attached hydrogens (tertiary/aromatic N) is 1. The first-order valence-electron chi connectivity index (χ1n) is 7.78. The summed E-state index contributed by atoms with van der Waals surface area (Å²) in [7, 11) is -1.89. The van der Waals surface area contributed by atoms with Gasteiger partial charge in [-0.3, -0.25) is 9.10 Å². The Bertz CT molecular complexity index is 832. The van der Waals surface area contributed by atoms with Crippen molar-refractivity contribution in [1.29, 1.82) is 0 Å². The van der Waals surface area contributed by atoms with Crippen LogP contribution in [0.15, 0.2) is 48.5 Å². The maximum Gasteiger partial charge on any atom is 0.251 e. The first kappa shape index (κ1) is 18.8. The van der Waals surface area contributed by atoms with Crippen molar-refractivity contribution in [2.45, 2.75) is 6.92 Å². The van der Waals surface area contributed by atoms with Crippen molar-refractivity contribution in [2.24, 2.45) is 0 Å². The van der Waals surface area contributed by atoms with Crippen LogP contribution >= 0.6 is 0 Å². The molecule has 25 heavy (non-hydrogen) atoms. The molecule has 6 nitrogen and oxygen atoms in total. The molecule has 2 aromatic carbocycles. The van der Waals surface area contributed by atoms with Crippen LogP contribution < -0.4 is 14.4 Å². The van der Waals surface area contributed by atoms with E-state index >= 15 is 0 Å². The number of anilines is 1. The van der Waals surface area contributed by atoms with Crippen LogP contribution in [0.5, 0.6) is 5.75 Å². The Balaban J connectivity index is 2.04. The molecule has 0 bridgehead atoms. The summed E-state index contributed by atoms with van der Waals surface area (Å²) in [4.78, 5) is 12.2. The molecular formula is C18H22N2O4S. The van der Waals surface area contributed by atoms with Gasteiger partial charge in [0, 0.05) is 12.1 Å². The molecule has 0 fully saturated rings. The number of ether oxygens (including phenoxy) is 1. The van der Waals surface area contributed by atoms with E-state index in [9.17, 15) is 13.2 Å². The number of methoxy groups -OCH3 is 1. The van der Waals surface area contributed by atoms with Gasteiger partial charge in [0.05, 0.1) is 25.6 Å². The van der Waals surface area contributed by atoms with Crippen LogP contribution in [0.2, 0.25) is 0 Å².